The van der Waals surface area contributed by atoms with E-state index in [0.717, 1.165) is 60.4 Å². The summed E-state index contributed by atoms with van der Waals surface area (Å²) in [6.07, 6.45) is 6.03. The molecule has 3 aromatic heterocycles. The van der Waals surface area contributed by atoms with E-state index in [-0.39, 0.29) is 0 Å². The summed E-state index contributed by atoms with van der Waals surface area (Å²) in [7, 11) is 0. The number of H-pyrrole nitrogens is 1. The summed E-state index contributed by atoms with van der Waals surface area (Å²) >= 11 is 0. The molecule has 5 rings (SSSR count). The summed E-state index contributed by atoms with van der Waals surface area (Å²) in [5.74, 6) is 3.76. The molecule has 26 heavy (non-hydrogen) atoms. The van der Waals surface area contributed by atoms with Gasteiger partial charge in [-0.15, -0.1) is 0 Å². The lowest BCUT2D eigenvalue weighted by Crippen LogP contribution is -2.47. The zero-order valence-electron chi connectivity index (χ0n) is 15.2. The lowest BCUT2D eigenvalue weighted by molar-refractivity contribution is 0.638. The molecule has 7 heteroatoms. The quantitative estimate of drug-likeness (QED) is 0.783. The van der Waals surface area contributed by atoms with Gasteiger partial charge in [-0.2, -0.15) is 0 Å². The largest absolute Gasteiger partial charge is 0.353 e. The molecule has 7 nitrogen and oxygen atoms in total. The van der Waals surface area contributed by atoms with Crippen LogP contribution in [0.25, 0.3) is 11.0 Å². The Hall–Kier alpha value is -2.70. The molecule has 0 unspecified atom stereocenters. The van der Waals surface area contributed by atoms with Gasteiger partial charge in [0.15, 0.2) is 0 Å². The van der Waals surface area contributed by atoms with Gasteiger partial charge in [0.2, 0.25) is 0 Å². The molecule has 0 atom stereocenters. The number of nitrogens with one attached hydrogen (secondary N) is 1. The van der Waals surface area contributed by atoms with Crippen molar-refractivity contribution in [3.8, 4) is 0 Å². The number of nitrogens with zero attached hydrogens (tertiary/aromatic N) is 6. The van der Waals surface area contributed by atoms with Crippen molar-refractivity contribution in [1.82, 2.24) is 24.9 Å². The number of aryl methyl sites for hydroxylation is 1. The molecule has 0 spiro atoms. The van der Waals surface area contributed by atoms with Crippen molar-refractivity contribution in [2.45, 2.75) is 32.6 Å². The Labute approximate surface area is 152 Å². The Morgan fingerprint density at radius 1 is 0.962 bits per heavy atom. The number of hydrogen-bond acceptors (Lipinski definition) is 6. The predicted molar refractivity (Wildman–Crippen MR) is 102 cm³/mol. The summed E-state index contributed by atoms with van der Waals surface area (Å²) in [6.45, 7) is 7.99. The van der Waals surface area contributed by atoms with E-state index in [1.54, 1.807) is 6.33 Å². The van der Waals surface area contributed by atoms with E-state index in [2.05, 4.69) is 44.7 Å². The molecule has 3 aromatic rings. The third-order valence-corrected chi connectivity index (χ3v) is 5.53. The summed E-state index contributed by atoms with van der Waals surface area (Å²) in [6, 6.07) is 2.05. The smallest absolute Gasteiger partial charge is 0.142 e. The van der Waals surface area contributed by atoms with Crippen LogP contribution in [0.15, 0.2) is 18.6 Å². The zero-order chi connectivity index (χ0) is 17.7. The Bertz CT molecular complexity index is 952. The Morgan fingerprint density at radius 2 is 1.69 bits per heavy atom. The van der Waals surface area contributed by atoms with Crippen LogP contribution in [0.4, 0.5) is 11.6 Å². The van der Waals surface area contributed by atoms with Gasteiger partial charge in [-0.1, -0.05) is 0 Å². The standard InChI is InChI=1S/C19H23N7/c1-12-13(2)23-16(14-3-4-14)24-18(12)25-7-9-26(10-8-25)19-15-5-6-20-17(15)21-11-22-19/h5-6,11,14H,3-4,7-10H2,1-2H3,(H,20,21,22). The highest BCUT2D eigenvalue weighted by molar-refractivity contribution is 5.87. The molecular weight excluding hydrogens is 326 g/mol. The third kappa shape index (κ3) is 2.58. The molecule has 0 bridgehead atoms. The first kappa shape index (κ1) is 15.5. The van der Waals surface area contributed by atoms with Gasteiger partial charge in [0.25, 0.3) is 0 Å². The zero-order valence-corrected chi connectivity index (χ0v) is 15.2. The fraction of sp³-hybridized carbons (Fsp3) is 0.474. The van der Waals surface area contributed by atoms with Crippen LogP contribution in [0.5, 0.6) is 0 Å². The van der Waals surface area contributed by atoms with Crippen LogP contribution in [-0.2, 0) is 0 Å². The molecule has 1 saturated heterocycles. The first-order valence-electron chi connectivity index (χ1n) is 9.34. The van der Waals surface area contributed by atoms with Crippen LogP contribution in [0.1, 0.15) is 35.8 Å². The number of rotatable bonds is 3. The van der Waals surface area contributed by atoms with Gasteiger partial charge in [-0.05, 0) is 32.8 Å². The third-order valence-electron chi connectivity index (χ3n) is 5.53. The van der Waals surface area contributed by atoms with Gasteiger partial charge in [0.1, 0.15) is 29.4 Å². The molecule has 0 aromatic carbocycles. The number of fused-ring (bicyclic) bond motifs is 1. The average molecular weight is 349 g/mol. The van der Waals surface area contributed by atoms with E-state index >= 15 is 0 Å². The van der Waals surface area contributed by atoms with Crippen molar-refractivity contribution in [1.29, 1.82) is 0 Å². The number of hydrogen-bond donors (Lipinski definition) is 1. The highest BCUT2D eigenvalue weighted by atomic mass is 15.3. The molecule has 1 N–H and O–H groups in total. The molecule has 0 amide bonds. The fourth-order valence-electron chi connectivity index (χ4n) is 3.71. The van der Waals surface area contributed by atoms with Crippen molar-refractivity contribution in [3.63, 3.8) is 0 Å². The minimum Gasteiger partial charge on any atom is -0.353 e. The first-order chi connectivity index (χ1) is 12.7. The van der Waals surface area contributed by atoms with Crippen molar-refractivity contribution in [2.24, 2.45) is 0 Å². The molecule has 2 fully saturated rings. The molecule has 1 aliphatic carbocycles. The van der Waals surface area contributed by atoms with E-state index in [1.807, 2.05) is 6.20 Å². The van der Waals surface area contributed by atoms with Crippen molar-refractivity contribution >= 4 is 22.7 Å². The summed E-state index contributed by atoms with van der Waals surface area (Å²) in [5, 5.41) is 1.09. The van der Waals surface area contributed by atoms with Gasteiger partial charge >= 0.3 is 0 Å². The monoisotopic (exact) mass is 349 g/mol. The van der Waals surface area contributed by atoms with Gasteiger partial charge < -0.3 is 14.8 Å². The van der Waals surface area contributed by atoms with Crippen LogP contribution < -0.4 is 9.80 Å². The normalized spacial score (nSPS) is 17.9. The molecule has 1 aliphatic heterocycles. The summed E-state index contributed by atoms with van der Waals surface area (Å²) in [5.41, 5.74) is 3.22. The van der Waals surface area contributed by atoms with Crippen molar-refractivity contribution in [3.05, 3.63) is 35.7 Å². The second-order valence-electron chi connectivity index (χ2n) is 7.30. The fourth-order valence-corrected chi connectivity index (χ4v) is 3.71. The van der Waals surface area contributed by atoms with E-state index in [0.29, 0.717) is 5.92 Å². The summed E-state index contributed by atoms with van der Waals surface area (Å²) < 4.78 is 0. The Kier molecular flexibility index (Phi) is 3.55. The van der Waals surface area contributed by atoms with Crippen LogP contribution in [0.2, 0.25) is 0 Å². The number of anilines is 2. The van der Waals surface area contributed by atoms with Crippen molar-refractivity contribution < 1.29 is 0 Å². The highest BCUT2D eigenvalue weighted by Crippen LogP contribution is 2.39. The topological polar surface area (TPSA) is 73.8 Å². The molecule has 2 aliphatic rings. The van der Waals surface area contributed by atoms with Gasteiger partial charge in [-0.25, -0.2) is 19.9 Å². The van der Waals surface area contributed by atoms with Gasteiger partial charge in [0.05, 0.1) is 5.39 Å². The summed E-state index contributed by atoms with van der Waals surface area (Å²) in [4.78, 5) is 26.4. The molecule has 4 heterocycles. The lowest BCUT2D eigenvalue weighted by Gasteiger charge is -2.37. The SMILES string of the molecule is Cc1nc(C2CC2)nc(N2CCN(c3ncnc4[nH]ccc34)CC2)c1C. The van der Waals surface area contributed by atoms with Crippen molar-refractivity contribution in [2.75, 3.05) is 36.0 Å². The first-order valence-corrected chi connectivity index (χ1v) is 9.34. The van der Waals surface area contributed by atoms with E-state index in [9.17, 15) is 0 Å². The minimum atomic E-state index is 0.581. The number of piperazine rings is 1. The van der Waals surface area contributed by atoms with Crippen LogP contribution in [0, 0.1) is 13.8 Å². The maximum atomic E-state index is 4.92. The molecular formula is C19H23N7. The van der Waals surface area contributed by atoms with E-state index in [4.69, 9.17) is 9.97 Å². The molecule has 134 valence electrons. The molecule has 1 saturated carbocycles. The Morgan fingerprint density at radius 3 is 2.42 bits per heavy atom. The second-order valence-corrected chi connectivity index (χ2v) is 7.30. The van der Waals surface area contributed by atoms with Crippen LogP contribution >= 0.6 is 0 Å². The van der Waals surface area contributed by atoms with Gasteiger partial charge in [-0.3, -0.25) is 0 Å². The van der Waals surface area contributed by atoms with E-state index in [1.165, 1.54) is 18.4 Å². The van der Waals surface area contributed by atoms with Gasteiger partial charge in [0, 0.05) is 49.6 Å². The van der Waals surface area contributed by atoms with E-state index < -0.39 is 0 Å². The average Bonchev–Trinajstić information content (AvgIpc) is 3.40. The maximum Gasteiger partial charge on any atom is 0.142 e. The maximum absolute atomic E-state index is 4.92. The number of aromatic amines is 1. The second kappa shape index (κ2) is 5.93. The minimum absolute atomic E-state index is 0.581. The molecule has 0 radical (unpaired) electrons. The Balaban J connectivity index is 1.38. The van der Waals surface area contributed by atoms with Crippen LogP contribution in [0.3, 0.4) is 0 Å². The lowest BCUT2D eigenvalue weighted by atomic mass is 10.2. The predicted octanol–water partition coefficient (Wildman–Crippen LogP) is 2.57. The number of aromatic nitrogens is 5. The highest BCUT2D eigenvalue weighted by Gasteiger charge is 2.29. The van der Waals surface area contributed by atoms with Crippen LogP contribution in [-0.4, -0.2) is 51.1 Å².